The normalized spacial score (nSPS) is 42.9. The first kappa shape index (κ1) is 21.6. The molecule has 4 fully saturated rings. The Morgan fingerprint density at radius 2 is 1.90 bits per heavy atom. The summed E-state index contributed by atoms with van der Waals surface area (Å²) < 4.78 is 11.5. The minimum Gasteiger partial charge on any atom is -0.462 e. The van der Waals surface area contributed by atoms with Crippen molar-refractivity contribution >= 4 is 11.8 Å². The van der Waals surface area contributed by atoms with Gasteiger partial charge in [0.15, 0.2) is 5.78 Å². The first-order valence-electron chi connectivity index (χ1n) is 12.6. The summed E-state index contributed by atoms with van der Waals surface area (Å²) in [5, 5.41) is 0. The van der Waals surface area contributed by atoms with Crippen LogP contribution in [0.1, 0.15) is 71.6 Å². The van der Waals surface area contributed by atoms with E-state index in [1.165, 1.54) is 24.8 Å². The Morgan fingerprint density at radius 3 is 2.71 bits per heavy atom. The fourth-order valence-electron chi connectivity index (χ4n) is 8.00. The summed E-state index contributed by atoms with van der Waals surface area (Å²) in [6, 6.07) is 0. The van der Waals surface area contributed by atoms with E-state index in [1.807, 2.05) is 6.08 Å². The minimum absolute atomic E-state index is 0.0212. The van der Waals surface area contributed by atoms with Gasteiger partial charge in [0.1, 0.15) is 6.10 Å². The molecule has 0 unspecified atom stereocenters. The zero-order chi connectivity index (χ0) is 21.6. The number of carbonyl (C=O) groups is 2. The van der Waals surface area contributed by atoms with E-state index in [2.05, 4.69) is 18.7 Å². The van der Waals surface area contributed by atoms with E-state index in [1.54, 1.807) is 0 Å². The maximum atomic E-state index is 12.7. The van der Waals surface area contributed by atoms with Crippen LogP contribution in [0.4, 0.5) is 0 Å². The van der Waals surface area contributed by atoms with Crippen LogP contribution in [0.2, 0.25) is 0 Å². The Balaban J connectivity index is 1.23. The number of esters is 1. The van der Waals surface area contributed by atoms with Crippen LogP contribution in [0, 0.1) is 28.6 Å². The highest BCUT2D eigenvalue weighted by Crippen LogP contribution is 2.65. The number of morpholine rings is 1. The van der Waals surface area contributed by atoms with Gasteiger partial charge in [0.2, 0.25) is 0 Å². The Kier molecular flexibility index (Phi) is 5.79. The maximum absolute atomic E-state index is 12.7. The summed E-state index contributed by atoms with van der Waals surface area (Å²) in [6.45, 7) is 8.99. The van der Waals surface area contributed by atoms with Gasteiger partial charge in [0.05, 0.1) is 19.6 Å². The molecule has 5 rings (SSSR count). The molecule has 1 aliphatic heterocycles. The number of allylic oxidation sites excluding steroid dienone is 1. The molecule has 0 spiro atoms. The van der Waals surface area contributed by atoms with E-state index in [4.69, 9.17) is 9.47 Å². The molecule has 6 atom stereocenters. The van der Waals surface area contributed by atoms with Crippen molar-refractivity contribution in [2.75, 3.05) is 32.8 Å². The smallest absolute Gasteiger partial charge is 0.307 e. The lowest BCUT2D eigenvalue weighted by atomic mass is 9.47. The van der Waals surface area contributed by atoms with Gasteiger partial charge < -0.3 is 9.47 Å². The SMILES string of the molecule is C[C@]12CC[C@@H]3[C@@H](CCC4=CC(=O)CC[C@@]43C)[C@@H]1CC[C@@H]2OC(=O)CCN1CCOCC1. The fraction of sp³-hybridized carbons (Fsp3) is 0.846. The Morgan fingerprint density at radius 1 is 1.10 bits per heavy atom. The van der Waals surface area contributed by atoms with Crippen LogP contribution < -0.4 is 0 Å². The van der Waals surface area contributed by atoms with E-state index >= 15 is 0 Å². The van der Waals surface area contributed by atoms with Crippen LogP contribution in [0.5, 0.6) is 0 Å². The van der Waals surface area contributed by atoms with E-state index in [-0.39, 0.29) is 22.9 Å². The number of fused-ring (bicyclic) bond motifs is 5. The molecule has 0 aromatic carbocycles. The summed E-state index contributed by atoms with van der Waals surface area (Å²) in [4.78, 5) is 27.0. The van der Waals surface area contributed by atoms with Crippen LogP contribution in [0.15, 0.2) is 11.6 Å². The summed E-state index contributed by atoms with van der Waals surface area (Å²) in [5.41, 5.74) is 1.76. The van der Waals surface area contributed by atoms with Crippen molar-refractivity contribution < 1.29 is 19.1 Å². The van der Waals surface area contributed by atoms with Gasteiger partial charge in [-0.05, 0) is 74.2 Å². The second-order valence-corrected chi connectivity index (χ2v) is 11.3. The van der Waals surface area contributed by atoms with Gasteiger partial charge >= 0.3 is 5.97 Å². The molecule has 31 heavy (non-hydrogen) atoms. The number of ketones is 1. The summed E-state index contributed by atoms with van der Waals surface area (Å²) in [5.74, 6) is 2.36. The molecule has 4 aliphatic carbocycles. The van der Waals surface area contributed by atoms with Crippen molar-refractivity contribution in [2.24, 2.45) is 28.6 Å². The van der Waals surface area contributed by atoms with Gasteiger partial charge in [-0.2, -0.15) is 0 Å². The number of carbonyl (C=O) groups excluding carboxylic acids is 2. The van der Waals surface area contributed by atoms with Crippen LogP contribution in [-0.4, -0.2) is 55.6 Å². The van der Waals surface area contributed by atoms with E-state index < -0.39 is 0 Å². The Bertz CT molecular complexity index is 757. The molecule has 0 aromatic heterocycles. The molecule has 5 aliphatic rings. The largest absolute Gasteiger partial charge is 0.462 e. The third-order valence-corrected chi connectivity index (χ3v) is 9.88. The third kappa shape index (κ3) is 3.80. The predicted molar refractivity (Wildman–Crippen MR) is 118 cm³/mol. The topological polar surface area (TPSA) is 55.8 Å². The van der Waals surface area contributed by atoms with Crippen molar-refractivity contribution in [1.29, 1.82) is 0 Å². The average Bonchev–Trinajstić information content (AvgIpc) is 3.10. The maximum Gasteiger partial charge on any atom is 0.307 e. The Labute approximate surface area is 186 Å². The summed E-state index contributed by atoms with van der Waals surface area (Å²) >= 11 is 0. The zero-order valence-corrected chi connectivity index (χ0v) is 19.4. The van der Waals surface area contributed by atoms with Crippen molar-refractivity contribution in [2.45, 2.75) is 77.7 Å². The lowest BCUT2D eigenvalue weighted by molar-refractivity contribution is -0.160. The molecule has 0 amide bonds. The highest BCUT2D eigenvalue weighted by molar-refractivity contribution is 5.91. The Hall–Kier alpha value is -1.20. The number of ether oxygens (including phenoxy) is 2. The highest BCUT2D eigenvalue weighted by Gasteiger charge is 2.59. The molecule has 0 aromatic rings. The standard InChI is InChI=1S/C26H39NO4/c1-25-10-7-19(28)17-18(25)3-4-20-21-5-6-23(26(21,2)11-8-22(20)25)31-24(29)9-12-27-13-15-30-16-14-27/h17,20-23H,3-16H2,1-2H3/t20-,21-,22+,23-,25-,26-/m0/s1. The molecule has 5 nitrogen and oxygen atoms in total. The molecule has 0 radical (unpaired) electrons. The van der Waals surface area contributed by atoms with Crippen molar-refractivity contribution in [1.82, 2.24) is 4.90 Å². The fourth-order valence-corrected chi connectivity index (χ4v) is 8.00. The monoisotopic (exact) mass is 429 g/mol. The predicted octanol–water partition coefficient (Wildman–Crippen LogP) is 4.15. The first-order chi connectivity index (χ1) is 14.9. The molecular formula is C26H39NO4. The second kappa shape index (κ2) is 8.30. The highest BCUT2D eigenvalue weighted by atomic mass is 16.5. The number of rotatable bonds is 4. The average molecular weight is 430 g/mol. The second-order valence-electron chi connectivity index (χ2n) is 11.3. The van der Waals surface area contributed by atoms with Crippen LogP contribution >= 0.6 is 0 Å². The van der Waals surface area contributed by atoms with Gasteiger partial charge in [-0.15, -0.1) is 0 Å². The molecule has 1 heterocycles. The van der Waals surface area contributed by atoms with E-state index in [0.29, 0.717) is 36.4 Å². The van der Waals surface area contributed by atoms with Gasteiger partial charge in [0.25, 0.3) is 0 Å². The van der Waals surface area contributed by atoms with Gasteiger partial charge in [-0.25, -0.2) is 0 Å². The van der Waals surface area contributed by atoms with Crippen LogP contribution in [-0.2, 0) is 19.1 Å². The van der Waals surface area contributed by atoms with Crippen molar-refractivity contribution in [3.05, 3.63) is 11.6 Å². The molecule has 1 saturated heterocycles. The van der Waals surface area contributed by atoms with Crippen LogP contribution in [0.3, 0.4) is 0 Å². The molecule has 172 valence electrons. The van der Waals surface area contributed by atoms with E-state index in [0.717, 1.165) is 58.5 Å². The lowest BCUT2D eigenvalue weighted by Gasteiger charge is -2.57. The lowest BCUT2D eigenvalue weighted by Crippen LogP contribution is -2.51. The molecular weight excluding hydrogens is 390 g/mol. The van der Waals surface area contributed by atoms with Gasteiger partial charge in [-0.1, -0.05) is 19.4 Å². The number of nitrogens with zero attached hydrogens (tertiary/aromatic N) is 1. The molecule has 5 heteroatoms. The summed E-state index contributed by atoms with van der Waals surface area (Å²) in [6.07, 6.45) is 11.2. The number of hydrogen-bond acceptors (Lipinski definition) is 5. The number of hydrogen-bond donors (Lipinski definition) is 0. The van der Waals surface area contributed by atoms with Gasteiger partial charge in [-0.3, -0.25) is 14.5 Å². The summed E-state index contributed by atoms with van der Waals surface area (Å²) in [7, 11) is 0. The van der Waals surface area contributed by atoms with Crippen molar-refractivity contribution in [3.63, 3.8) is 0 Å². The van der Waals surface area contributed by atoms with E-state index in [9.17, 15) is 9.59 Å². The molecule has 0 bridgehead atoms. The minimum atomic E-state index is -0.0212. The molecule has 3 saturated carbocycles. The van der Waals surface area contributed by atoms with Gasteiger partial charge in [0, 0.05) is 31.5 Å². The first-order valence-corrected chi connectivity index (χ1v) is 12.6. The third-order valence-electron chi connectivity index (χ3n) is 9.88. The quantitative estimate of drug-likeness (QED) is 0.629. The molecule has 0 N–H and O–H groups in total. The van der Waals surface area contributed by atoms with Crippen LogP contribution in [0.25, 0.3) is 0 Å². The van der Waals surface area contributed by atoms with Crippen molar-refractivity contribution in [3.8, 4) is 0 Å². The zero-order valence-electron chi connectivity index (χ0n) is 19.4.